The smallest absolute Gasteiger partial charge is 0.258 e. The first-order chi connectivity index (χ1) is 16.9. The summed E-state index contributed by atoms with van der Waals surface area (Å²) in [6, 6.07) is 19.0. The molecule has 3 aromatic rings. The van der Waals surface area contributed by atoms with Gasteiger partial charge in [-0.1, -0.05) is 65.1 Å². The second kappa shape index (κ2) is 12.1. The van der Waals surface area contributed by atoms with Crippen LogP contribution >= 0.6 is 34.8 Å². The van der Waals surface area contributed by atoms with Crippen LogP contribution in [0.2, 0.25) is 15.1 Å². The van der Waals surface area contributed by atoms with Crippen LogP contribution in [0.3, 0.4) is 0 Å². The van der Waals surface area contributed by atoms with Crippen LogP contribution in [0.4, 0.5) is 0 Å². The number of likely N-dealkylation sites (N-methyl/N-ethyl adjacent to an activating group) is 1. The predicted octanol–water partition coefficient (Wildman–Crippen LogP) is 5.76. The molecular weight excluding hydrogens is 505 g/mol. The molecule has 0 aromatic heterocycles. The van der Waals surface area contributed by atoms with E-state index in [1.54, 1.807) is 18.2 Å². The van der Waals surface area contributed by atoms with Gasteiger partial charge in [0.2, 0.25) is 0 Å². The molecule has 3 aromatic carbocycles. The van der Waals surface area contributed by atoms with Crippen molar-refractivity contribution in [1.29, 1.82) is 0 Å². The van der Waals surface area contributed by atoms with Crippen molar-refractivity contribution in [2.24, 2.45) is 0 Å². The van der Waals surface area contributed by atoms with Crippen molar-refractivity contribution in [2.45, 2.75) is 13.1 Å². The lowest BCUT2D eigenvalue weighted by Gasteiger charge is -2.32. The molecule has 4 rings (SSSR count). The first-order valence-corrected chi connectivity index (χ1v) is 12.6. The van der Waals surface area contributed by atoms with E-state index in [0.29, 0.717) is 27.4 Å². The topological polar surface area (TPSA) is 44.8 Å². The van der Waals surface area contributed by atoms with Crippen LogP contribution in [-0.2, 0) is 17.9 Å². The van der Waals surface area contributed by atoms with E-state index in [1.807, 2.05) is 30.3 Å². The van der Waals surface area contributed by atoms with E-state index in [9.17, 15) is 4.79 Å². The van der Waals surface area contributed by atoms with Gasteiger partial charge in [-0.2, -0.15) is 0 Å². The minimum absolute atomic E-state index is 0.0752. The van der Waals surface area contributed by atoms with Crippen molar-refractivity contribution in [2.75, 3.05) is 39.8 Å². The number of hydrogen-bond acceptors (Lipinski definition) is 4. The third-order valence-electron chi connectivity index (χ3n) is 6.07. The standard InChI is InChI=1S/C27H28Cl3N3O2/c1-32-10-12-33(13-11-32)17-22-5-4-21(20-6-9-24(29)25(30)14-20)15-26(22)35-18-27(34)31-16-19-2-7-23(28)8-3-19/h2-9,14-15H,10-13,16-18H2,1H3,(H,31,34). The van der Waals surface area contributed by atoms with Gasteiger partial charge in [0.25, 0.3) is 5.91 Å². The Kier molecular flexibility index (Phi) is 8.93. The highest BCUT2D eigenvalue weighted by Crippen LogP contribution is 2.32. The molecule has 5 nitrogen and oxygen atoms in total. The summed E-state index contributed by atoms with van der Waals surface area (Å²) in [6.45, 7) is 5.15. The van der Waals surface area contributed by atoms with Crippen molar-refractivity contribution in [1.82, 2.24) is 15.1 Å². The van der Waals surface area contributed by atoms with E-state index >= 15 is 0 Å². The summed E-state index contributed by atoms with van der Waals surface area (Å²) in [7, 11) is 2.14. The van der Waals surface area contributed by atoms with Gasteiger partial charge >= 0.3 is 0 Å². The van der Waals surface area contributed by atoms with Crippen LogP contribution in [0.15, 0.2) is 60.7 Å². The summed E-state index contributed by atoms with van der Waals surface area (Å²) in [5, 5.41) is 4.57. The highest BCUT2D eigenvalue weighted by molar-refractivity contribution is 6.42. The summed E-state index contributed by atoms with van der Waals surface area (Å²) in [4.78, 5) is 17.3. The van der Waals surface area contributed by atoms with Gasteiger partial charge in [-0.25, -0.2) is 0 Å². The van der Waals surface area contributed by atoms with E-state index in [0.717, 1.165) is 55.0 Å². The van der Waals surface area contributed by atoms with Gasteiger partial charge in [-0.15, -0.1) is 0 Å². The molecule has 0 unspecified atom stereocenters. The summed E-state index contributed by atoms with van der Waals surface area (Å²) in [6.07, 6.45) is 0. The quantitative estimate of drug-likeness (QED) is 0.401. The normalized spacial score (nSPS) is 14.6. The maximum Gasteiger partial charge on any atom is 0.258 e. The highest BCUT2D eigenvalue weighted by Gasteiger charge is 2.17. The van der Waals surface area contributed by atoms with E-state index < -0.39 is 0 Å². The van der Waals surface area contributed by atoms with Gasteiger partial charge in [-0.3, -0.25) is 9.69 Å². The van der Waals surface area contributed by atoms with Crippen molar-refractivity contribution in [3.05, 3.63) is 86.9 Å². The van der Waals surface area contributed by atoms with Gasteiger partial charge in [0.05, 0.1) is 10.0 Å². The number of benzene rings is 3. The molecule has 0 radical (unpaired) electrons. The monoisotopic (exact) mass is 531 g/mol. The number of amides is 1. The largest absolute Gasteiger partial charge is 0.483 e. The molecule has 35 heavy (non-hydrogen) atoms. The van der Waals surface area contributed by atoms with Crippen molar-refractivity contribution in [3.63, 3.8) is 0 Å². The lowest BCUT2D eigenvalue weighted by atomic mass is 10.0. The number of ether oxygens (including phenoxy) is 1. The number of hydrogen-bond donors (Lipinski definition) is 1. The minimum atomic E-state index is -0.189. The molecular formula is C27H28Cl3N3O2. The van der Waals surface area contributed by atoms with Crippen molar-refractivity contribution < 1.29 is 9.53 Å². The van der Waals surface area contributed by atoms with E-state index in [-0.39, 0.29) is 12.5 Å². The third kappa shape index (κ3) is 7.35. The minimum Gasteiger partial charge on any atom is -0.483 e. The Bertz CT molecular complexity index is 1160. The number of carbonyl (C=O) groups is 1. The SMILES string of the molecule is CN1CCN(Cc2ccc(-c3ccc(Cl)c(Cl)c3)cc2OCC(=O)NCc2ccc(Cl)cc2)CC1. The number of piperazine rings is 1. The van der Waals surface area contributed by atoms with Crippen LogP contribution in [0, 0.1) is 0 Å². The first kappa shape index (κ1) is 25.8. The molecule has 0 saturated carbocycles. The van der Waals surface area contributed by atoms with Crippen LogP contribution in [0.5, 0.6) is 5.75 Å². The molecule has 184 valence electrons. The van der Waals surface area contributed by atoms with Crippen LogP contribution < -0.4 is 10.1 Å². The average Bonchev–Trinajstić information content (AvgIpc) is 2.86. The maximum atomic E-state index is 12.5. The van der Waals surface area contributed by atoms with E-state index in [4.69, 9.17) is 39.5 Å². The Hall–Kier alpha value is -2.28. The van der Waals surface area contributed by atoms with Gasteiger partial charge in [0.1, 0.15) is 5.75 Å². The number of nitrogens with one attached hydrogen (secondary N) is 1. The summed E-state index contributed by atoms with van der Waals surface area (Å²) in [5.41, 5.74) is 3.90. The number of nitrogens with zero attached hydrogens (tertiary/aromatic N) is 2. The van der Waals surface area contributed by atoms with Crippen LogP contribution in [-0.4, -0.2) is 55.5 Å². The lowest BCUT2D eigenvalue weighted by Crippen LogP contribution is -2.43. The molecule has 0 aliphatic carbocycles. The highest BCUT2D eigenvalue weighted by atomic mass is 35.5. The molecule has 1 aliphatic heterocycles. The predicted molar refractivity (Wildman–Crippen MR) is 143 cm³/mol. The Morgan fingerprint density at radius 1 is 0.886 bits per heavy atom. The summed E-state index contributed by atoms with van der Waals surface area (Å²) in [5.74, 6) is 0.500. The Balaban J connectivity index is 1.47. The average molecular weight is 533 g/mol. The molecule has 0 spiro atoms. The first-order valence-electron chi connectivity index (χ1n) is 11.5. The fourth-order valence-corrected chi connectivity index (χ4v) is 4.34. The Labute approximate surface area is 221 Å². The molecule has 1 saturated heterocycles. The summed E-state index contributed by atoms with van der Waals surface area (Å²) < 4.78 is 6.06. The van der Waals surface area contributed by atoms with Gasteiger partial charge < -0.3 is 15.0 Å². The molecule has 1 aliphatic rings. The zero-order valence-electron chi connectivity index (χ0n) is 19.6. The molecule has 1 amide bonds. The summed E-state index contributed by atoms with van der Waals surface area (Å²) >= 11 is 18.3. The van der Waals surface area contributed by atoms with Gasteiger partial charge in [-0.05, 0) is 54.1 Å². The fourth-order valence-electron chi connectivity index (χ4n) is 3.92. The lowest BCUT2D eigenvalue weighted by molar-refractivity contribution is -0.123. The van der Waals surface area contributed by atoms with Gasteiger partial charge in [0, 0.05) is 49.9 Å². The zero-order valence-corrected chi connectivity index (χ0v) is 21.8. The van der Waals surface area contributed by atoms with E-state index in [1.165, 1.54) is 0 Å². The maximum absolute atomic E-state index is 12.5. The Morgan fingerprint density at radius 2 is 1.57 bits per heavy atom. The zero-order chi connectivity index (χ0) is 24.8. The number of carbonyl (C=O) groups excluding carboxylic acids is 1. The Morgan fingerprint density at radius 3 is 2.29 bits per heavy atom. The number of halogens is 3. The van der Waals surface area contributed by atoms with Crippen molar-refractivity contribution in [3.8, 4) is 16.9 Å². The van der Waals surface area contributed by atoms with Gasteiger partial charge in [0.15, 0.2) is 6.61 Å². The molecule has 8 heteroatoms. The molecule has 1 N–H and O–H groups in total. The molecule has 0 bridgehead atoms. The molecule has 0 atom stereocenters. The van der Waals surface area contributed by atoms with Crippen LogP contribution in [0.1, 0.15) is 11.1 Å². The number of rotatable bonds is 8. The van der Waals surface area contributed by atoms with Crippen LogP contribution in [0.25, 0.3) is 11.1 Å². The van der Waals surface area contributed by atoms with E-state index in [2.05, 4.69) is 34.3 Å². The van der Waals surface area contributed by atoms with Crippen molar-refractivity contribution >= 4 is 40.7 Å². The second-order valence-corrected chi connectivity index (χ2v) is 9.97. The third-order valence-corrected chi connectivity index (χ3v) is 7.06. The molecule has 1 heterocycles. The second-order valence-electron chi connectivity index (χ2n) is 8.72. The fraction of sp³-hybridized carbons (Fsp3) is 0.296. The molecule has 1 fully saturated rings.